The van der Waals surface area contributed by atoms with E-state index in [0.717, 1.165) is 37.3 Å². The van der Waals surface area contributed by atoms with Gasteiger partial charge < -0.3 is 24.5 Å². The van der Waals surface area contributed by atoms with Gasteiger partial charge in [-0.05, 0) is 48.9 Å². The number of halogens is 1. The smallest absolute Gasteiger partial charge is 0.435 e. The average Bonchev–Trinajstić information content (AvgIpc) is 3.38. The summed E-state index contributed by atoms with van der Waals surface area (Å²) < 4.78 is 32.2. The number of pyridine rings is 1. The summed E-state index contributed by atoms with van der Waals surface area (Å²) in [6.45, 7) is 2.39. The fourth-order valence-electron chi connectivity index (χ4n) is 4.63. The van der Waals surface area contributed by atoms with Gasteiger partial charge in [0.1, 0.15) is 35.7 Å². The molecule has 4 aromatic rings. The maximum atomic E-state index is 14.9. The van der Waals surface area contributed by atoms with Crippen molar-refractivity contribution >= 4 is 40.7 Å². The van der Waals surface area contributed by atoms with Gasteiger partial charge in [0.15, 0.2) is 0 Å². The van der Waals surface area contributed by atoms with Gasteiger partial charge in [0.05, 0.1) is 36.7 Å². The summed E-state index contributed by atoms with van der Waals surface area (Å²) >= 11 is 0. The monoisotopic (exact) mass is 632 g/mol. The Morgan fingerprint density at radius 3 is 2.61 bits per heavy atom. The van der Waals surface area contributed by atoms with Crippen LogP contribution in [0.3, 0.4) is 0 Å². The third kappa shape index (κ3) is 8.65. The van der Waals surface area contributed by atoms with E-state index in [1.165, 1.54) is 24.1 Å². The molecule has 2 N–H and O–H groups in total. The number of fused-ring (bicyclic) bond motifs is 1. The van der Waals surface area contributed by atoms with E-state index in [2.05, 4.69) is 21.9 Å². The Morgan fingerprint density at radius 2 is 1.89 bits per heavy atom. The summed E-state index contributed by atoms with van der Waals surface area (Å²) in [5.41, 5.74) is 7.44. The molecule has 0 saturated carbocycles. The van der Waals surface area contributed by atoms with Crippen LogP contribution in [0.15, 0.2) is 65.8 Å². The molecule has 0 bridgehead atoms. The summed E-state index contributed by atoms with van der Waals surface area (Å²) in [7, 11) is 3.09. The van der Waals surface area contributed by atoms with Crippen LogP contribution < -0.4 is 15.4 Å². The van der Waals surface area contributed by atoms with Crippen LogP contribution in [0.5, 0.6) is 5.75 Å². The molecule has 242 valence electrons. The first-order chi connectivity index (χ1) is 22.2. The predicted octanol–water partition coefficient (Wildman–Crippen LogP) is 5.32. The van der Waals surface area contributed by atoms with Crippen LogP contribution in [0, 0.1) is 5.82 Å². The van der Waals surface area contributed by atoms with E-state index >= 15 is 0 Å². The van der Waals surface area contributed by atoms with Crippen molar-refractivity contribution in [2.75, 3.05) is 25.2 Å². The minimum absolute atomic E-state index is 0.000362. The molecule has 0 aliphatic heterocycles. The highest BCUT2D eigenvalue weighted by Crippen LogP contribution is 2.23. The lowest BCUT2D eigenvalue weighted by Crippen LogP contribution is -2.33. The topological polar surface area (TPSA) is 151 Å². The first-order valence-corrected chi connectivity index (χ1v) is 14.9. The van der Waals surface area contributed by atoms with Gasteiger partial charge in [0, 0.05) is 31.4 Å². The van der Waals surface area contributed by atoms with E-state index in [9.17, 15) is 18.8 Å². The number of hydrogen-bond acceptors (Lipinski definition) is 8. The van der Waals surface area contributed by atoms with Gasteiger partial charge in [-0.1, -0.05) is 32.3 Å². The molecule has 0 saturated heterocycles. The summed E-state index contributed by atoms with van der Waals surface area (Å²) in [5, 5.41) is 0. The predicted molar refractivity (Wildman–Crippen MR) is 170 cm³/mol. The third-order valence-corrected chi connectivity index (χ3v) is 7.18. The quantitative estimate of drug-likeness (QED) is 0.0843. The van der Waals surface area contributed by atoms with Crippen molar-refractivity contribution in [1.82, 2.24) is 14.5 Å². The molecule has 0 aliphatic carbocycles. The maximum absolute atomic E-state index is 14.9. The summed E-state index contributed by atoms with van der Waals surface area (Å²) in [6.07, 6.45) is 4.48. The molecule has 2 heterocycles. The van der Waals surface area contributed by atoms with Gasteiger partial charge >= 0.3 is 12.1 Å². The number of methoxy groups -OCH3 is 1. The van der Waals surface area contributed by atoms with Gasteiger partial charge in [-0.15, -0.1) is 0 Å². The Bertz CT molecular complexity index is 1710. The number of nitrogens with two attached hydrogens (primary N) is 1. The summed E-state index contributed by atoms with van der Waals surface area (Å²) in [5.74, 6) is -0.672. The number of carbonyl (C=O) groups is 3. The number of aromatic nitrogens is 3. The molecule has 0 atom stereocenters. The standard InChI is InChI=1S/C33H37FN6O6/c1-4-5-6-9-18-45-33(43)38-31(35)24-13-12-23(20-25(24)34)46-21-29-37-26-19-22(11-14-27(26)39(29)2)32(42)40(17-15-30(41)44-3)28-10-7-8-16-36-28/h7-8,10-14,16,19-20H,4-6,9,15,17-18,21H2,1-3H3,(H2,35,38,43). The van der Waals surface area contributed by atoms with Crippen molar-refractivity contribution in [2.45, 2.75) is 45.6 Å². The van der Waals surface area contributed by atoms with Gasteiger partial charge in [-0.25, -0.2) is 19.2 Å². The lowest BCUT2D eigenvalue weighted by molar-refractivity contribution is -0.140. The van der Waals surface area contributed by atoms with E-state index < -0.39 is 17.9 Å². The van der Waals surface area contributed by atoms with Gasteiger partial charge in [0.25, 0.3) is 5.91 Å². The number of hydrogen-bond donors (Lipinski definition) is 1. The number of amidine groups is 1. The van der Waals surface area contributed by atoms with Crippen LogP contribution >= 0.6 is 0 Å². The van der Waals surface area contributed by atoms with E-state index in [4.69, 9.17) is 19.9 Å². The second-order valence-corrected chi connectivity index (χ2v) is 10.4. The molecule has 0 radical (unpaired) electrons. The lowest BCUT2D eigenvalue weighted by Gasteiger charge is -2.21. The van der Waals surface area contributed by atoms with E-state index in [1.54, 1.807) is 54.2 Å². The fraction of sp³-hybridized carbons (Fsp3) is 0.333. The number of aryl methyl sites for hydroxylation is 1. The molecule has 0 fully saturated rings. The second-order valence-electron chi connectivity index (χ2n) is 10.4. The Morgan fingerprint density at radius 1 is 1.07 bits per heavy atom. The van der Waals surface area contributed by atoms with Crippen LogP contribution in [0.2, 0.25) is 0 Å². The second kappa shape index (κ2) is 16.1. The molecule has 0 aliphatic rings. The zero-order valence-corrected chi connectivity index (χ0v) is 26.1. The molecule has 4 rings (SSSR count). The third-order valence-electron chi connectivity index (χ3n) is 7.18. The highest BCUT2D eigenvalue weighted by Gasteiger charge is 2.21. The van der Waals surface area contributed by atoms with Crippen LogP contribution in [0.25, 0.3) is 11.0 Å². The van der Waals surface area contributed by atoms with Crippen molar-refractivity contribution in [3.8, 4) is 5.75 Å². The molecule has 12 nitrogen and oxygen atoms in total. The SMILES string of the molecule is CCCCCCOC(=O)/N=C(/N)c1ccc(OCc2nc3cc(C(=O)N(CCC(=O)OC)c4ccccn4)ccc3n2C)cc1F. The van der Waals surface area contributed by atoms with Crippen LogP contribution in [-0.4, -0.2) is 58.6 Å². The van der Waals surface area contributed by atoms with Crippen LogP contribution in [0.1, 0.15) is 60.8 Å². The Labute approximate surface area is 266 Å². The number of ether oxygens (including phenoxy) is 3. The number of anilines is 1. The Balaban J connectivity index is 1.44. The molecular weight excluding hydrogens is 595 g/mol. The fourth-order valence-corrected chi connectivity index (χ4v) is 4.63. The molecule has 0 unspecified atom stereocenters. The van der Waals surface area contributed by atoms with E-state index in [1.807, 2.05) is 0 Å². The van der Waals surface area contributed by atoms with Gasteiger partial charge in [-0.3, -0.25) is 14.5 Å². The largest absolute Gasteiger partial charge is 0.486 e. The molecule has 2 aromatic heterocycles. The van der Waals surface area contributed by atoms with Crippen LogP contribution in [0.4, 0.5) is 15.0 Å². The molecule has 46 heavy (non-hydrogen) atoms. The molecular formula is C33H37FN6O6. The van der Waals surface area contributed by atoms with E-state index in [-0.39, 0.29) is 49.2 Å². The minimum Gasteiger partial charge on any atom is -0.486 e. The number of carbonyl (C=O) groups excluding carboxylic acids is 3. The van der Waals surface area contributed by atoms with Crippen molar-refractivity contribution < 1.29 is 33.0 Å². The Hall–Kier alpha value is -5.33. The Kier molecular flexibility index (Phi) is 11.8. The van der Waals surface area contributed by atoms with E-state index in [0.29, 0.717) is 22.7 Å². The van der Waals surface area contributed by atoms with Crippen molar-refractivity contribution in [3.63, 3.8) is 0 Å². The number of esters is 1. The molecule has 0 spiro atoms. The van der Waals surface area contributed by atoms with Crippen LogP contribution in [-0.2, 0) is 27.9 Å². The minimum atomic E-state index is -0.869. The summed E-state index contributed by atoms with van der Waals surface area (Å²) in [6, 6.07) is 14.3. The van der Waals surface area contributed by atoms with Crippen molar-refractivity contribution in [2.24, 2.45) is 17.8 Å². The molecule has 13 heteroatoms. The van der Waals surface area contributed by atoms with Crippen molar-refractivity contribution in [3.05, 3.63) is 83.6 Å². The number of nitrogens with zero attached hydrogens (tertiary/aromatic N) is 5. The zero-order chi connectivity index (χ0) is 33.1. The molecule has 2 aromatic carbocycles. The summed E-state index contributed by atoms with van der Waals surface area (Å²) in [4.78, 5) is 51.2. The number of rotatable bonds is 14. The highest BCUT2D eigenvalue weighted by atomic mass is 19.1. The maximum Gasteiger partial charge on any atom is 0.435 e. The van der Waals surface area contributed by atoms with Gasteiger partial charge in [-0.2, -0.15) is 4.99 Å². The highest BCUT2D eigenvalue weighted by molar-refractivity contribution is 6.07. The number of benzene rings is 2. The average molecular weight is 633 g/mol. The number of amides is 2. The zero-order valence-electron chi connectivity index (χ0n) is 26.1. The van der Waals surface area contributed by atoms with Gasteiger partial charge in [0.2, 0.25) is 0 Å². The number of aliphatic imine (C=N–C) groups is 1. The first-order valence-electron chi connectivity index (χ1n) is 14.9. The lowest BCUT2D eigenvalue weighted by atomic mass is 10.1. The van der Waals surface area contributed by atoms with Crippen molar-refractivity contribution in [1.29, 1.82) is 0 Å². The first kappa shape index (κ1) is 33.6. The number of imidazole rings is 1. The normalized spacial score (nSPS) is 11.3. The number of unbranched alkanes of at least 4 members (excludes halogenated alkanes) is 3. The molecule has 2 amide bonds.